The van der Waals surface area contributed by atoms with E-state index in [-0.39, 0.29) is 5.56 Å². The summed E-state index contributed by atoms with van der Waals surface area (Å²) in [4.78, 5) is 19.8. The minimum Gasteiger partial charge on any atom is -0.368 e. The molecule has 5 rings (SSSR count). The van der Waals surface area contributed by atoms with Crippen LogP contribution in [-0.4, -0.2) is 44.8 Å². The van der Waals surface area contributed by atoms with E-state index in [1.54, 1.807) is 10.5 Å². The van der Waals surface area contributed by atoms with E-state index in [0.717, 1.165) is 41.8 Å². The van der Waals surface area contributed by atoms with E-state index in [9.17, 15) is 4.79 Å². The first-order valence-electron chi connectivity index (χ1n) is 9.52. The lowest BCUT2D eigenvalue weighted by Crippen LogP contribution is -2.49. The summed E-state index contributed by atoms with van der Waals surface area (Å²) >= 11 is 0. The highest BCUT2D eigenvalue weighted by Gasteiger charge is 2.17. The Morgan fingerprint density at radius 2 is 2.07 bits per heavy atom. The van der Waals surface area contributed by atoms with Crippen molar-refractivity contribution in [1.29, 1.82) is 0 Å². The van der Waals surface area contributed by atoms with Crippen LogP contribution in [0.3, 0.4) is 0 Å². The lowest BCUT2D eigenvalue weighted by Gasteiger charge is -2.33. The van der Waals surface area contributed by atoms with Gasteiger partial charge in [-0.2, -0.15) is 5.10 Å². The molecule has 0 aliphatic carbocycles. The third kappa shape index (κ3) is 2.84. The molecule has 1 fully saturated rings. The number of anilines is 1. The van der Waals surface area contributed by atoms with Crippen molar-refractivity contribution in [2.24, 2.45) is 7.05 Å². The maximum absolute atomic E-state index is 12.8. The van der Waals surface area contributed by atoms with Crippen molar-refractivity contribution in [3.05, 3.63) is 59.1 Å². The Labute approximate surface area is 162 Å². The second kappa shape index (κ2) is 6.45. The number of nitrogens with zero attached hydrogens (tertiary/aromatic N) is 5. The molecule has 1 saturated heterocycles. The second-order valence-electron chi connectivity index (χ2n) is 7.44. The van der Waals surface area contributed by atoms with Gasteiger partial charge in [-0.1, -0.05) is 6.07 Å². The third-order valence-corrected chi connectivity index (χ3v) is 5.42. The van der Waals surface area contributed by atoms with Crippen LogP contribution in [0, 0.1) is 0 Å². The van der Waals surface area contributed by atoms with E-state index >= 15 is 0 Å². The van der Waals surface area contributed by atoms with Gasteiger partial charge in [0.25, 0.3) is 5.56 Å². The molecular formula is C21H22N6O. The van der Waals surface area contributed by atoms with Gasteiger partial charge in [0.15, 0.2) is 0 Å². The molecular weight excluding hydrogens is 352 g/mol. The summed E-state index contributed by atoms with van der Waals surface area (Å²) < 4.78 is 3.47. The van der Waals surface area contributed by atoms with Gasteiger partial charge in [0.05, 0.1) is 23.1 Å². The van der Waals surface area contributed by atoms with E-state index in [4.69, 9.17) is 4.98 Å². The normalized spacial score (nSPS) is 17.5. The molecule has 142 valence electrons. The lowest BCUT2D eigenvalue weighted by atomic mass is 10.1. The van der Waals surface area contributed by atoms with Crippen LogP contribution in [0.25, 0.3) is 27.8 Å². The number of fused-ring (bicyclic) bond motifs is 2. The van der Waals surface area contributed by atoms with Crippen molar-refractivity contribution in [2.45, 2.75) is 13.0 Å². The zero-order valence-electron chi connectivity index (χ0n) is 16.0. The summed E-state index contributed by atoms with van der Waals surface area (Å²) in [6.45, 7) is 4.98. The molecule has 1 N–H and O–H groups in total. The van der Waals surface area contributed by atoms with Crippen molar-refractivity contribution < 1.29 is 0 Å². The Morgan fingerprint density at radius 1 is 1.18 bits per heavy atom. The Bertz CT molecular complexity index is 1240. The third-order valence-electron chi connectivity index (χ3n) is 5.42. The minimum absolute atomic E-state index is 0.0729. The molecule has 3 aromatic heterocycles. The van der Waals surface area contributed by atoms with Crippen LogP contribution >= 0.6 is 0 Å². The van der Waals surface area contributed by atoms with Crippen LogP contribution in [-0.2, 0) is 7.05 Å². The highest BCUT2D eigenvalue weighted by molar-refractivity contribution is 5.84. The predicted molar refractivity (Wildman–Crippen MR) is 111 cm³/mol. The fourth-order valence-electron chi connectivity index (χ4n) is 3.92. The molecule has 0 saturated carbocycles. The smallest absolute Gasteiger partial charge is 0.258 e. The van der Waals surface area contributed by atoms with Gasteiger partial charge >= 0.3 is 0 Å². The molecule has 0 unspecified atom stereocenters. The fraction of sp³-hybridized carbons (Fsp3) is 0.286. The zero-order chi connectivity index (χ0) is 19.3. The lowest BCUT2D eigenvalue weighted by molar-refractivity contribution is 0.484. The fourth-order valence-corrected chi connectivity index (χ4v) is 3.92. The van der Waals surface area contributed by atoms with Crippen molar-refractivity contribution in [2.75, 3.05) is 24.5 Å². The van der Waals surface area contributed by atoms with E-state index in [2.05, 4.69) is 22.2 Å². The van der Waals surface area contributed by atoms with Crippen molar-refractivity contribution >= 4 is 22.2 Å². The largest absolute Gasteiger partial charge is 0.368 e. The summed E-state index contributed by atoms with van der Waals surface area (Å²) in [7, 11) is 1.92. The van der Waals surface area contributed by atoms with Gasteiger partial charge in [0.2, 0.25) is 0 Å². The first-order chi connectivity index (χ1) is 13.6. The van der Waals surface area contributed by atoms with Crippen molar-refractivity contribution in [1.82, 2.24) is 24.5 Å². The standard InChI is InChI=1S/C21H22N6O/c1-14-12-26(8-7-22-14)17-4-6-20-24-18(10-21(28)27(20)13-17)15-3-5-19-16(9-15)11-23-25(19)2/h3-6,9-11,13-14,22H,7-8,12H2,1-2H3/t14-/m1/s1. The molecule has 1 aromatic carbocycles. The van der Waals surface area contributed by atoms with Gasteiger partial charge in [0.1, 0.15) is 5.65 Å². The van der Waals surface area contributed by atoms with Gasteiger partial charge in [-0.3, -0.25) is 13.9 Å². The number of rotatable bonds is 2. The van der Waals surface area contributed by atoms with Crippen LogP contribution in [0.15, 0.2) is 53.6 Å². The molecule has 0 bridgehead atoms. The van der Waals surface area contributed by atoms with Gasteiger partial charge in [0, 0.05) is 55.9 Å². The molecule has 4 aromatic rings. The SMILES string of the molecule is C[C@@H]1CN(c2ccc3nc(-c4ccc5c(cnn5C)c4)cc(=O)n3c2)CCN1. The first kappa shape index (κ1) is 16.9. The Morgan fingerprint density at radius 3 is 2.93 bits per heavy atom. The summed E-state index contributed by atoms with van der Waals surface area (Å²) in [5.74, 6) is 0. The molecule has 7 nitrogen and oxygen atoms in total. The van der Waals surface area contributed by atoms with Crippen molar-refractivity contribution in [3.63, 3.8) is 0 Å². The molecule has 28 heavy (non-hydrogen) atoms. The Hall–Kier alpha value is -3.19. The highest BCUT2D eigenvalue weighted by Crippen LogP contribution is 2.23. The van der Waals surface area contributed by atoms with Crippen LogP contribution in [0.2, 0.25) is 0 Å². The zero-order valence-corrected chi connectivity index (χ0v) is 16.0. The quantitative estimate of drug-likeness (QED) is 0.582. The topological polar surface area (TPSA) is 67.5 Å². The highest BCUT2D eigenvalue weighted by atomic mass is 16.1. The number of hydrogen-bond acceptors (Lipinski definition) is 5. The monoisotopic (exact) mass is 374 g/mol. The average Bonchev–Trinajstić information content (AvgIpc) is 3.08. The van der Waals surface area contributed by atoms with Crippen LogP contribution < -0.4 is 15.8 Å². The number of piperazine rings is 1. The molecule has 0 amide bonds. The summed E-state index contributed by atoms with van der Waals surface area (Å²) in [6, 6.07) is 12.0. The molecule has 1 aliphatic rings. The molecule has 1 atom stereocenters. The number of hydrogen-bond donors (Lipinski definition) is 1. The van der Waals surface area contributed by atoms with Crippen LogP contribution in [0.5, 0.6) is 0 Å². The second-order valence-corrected chi connectivity index (χ2v) is 7.44. The van der Waals surface area contributed by atoms with E-state index in [0.29, 0.717) is 17.4 Å². The van der Waals surface area contributed by atoms with E-state index in [1.807, 2.05) is 54.5 Å². The minimum atomic E-state index is -0.0729. The van der Waals surface area contributed by atoms with Gasteiger partial charge in [-0.15, -0.1) is 0 Å². The summed E-state index contributed by atoms with van der Waals surface area (Å²) in [6.07, 6.45) is 3.73. The number of pyridine rings is 1. The summed E-state index contributed by atoms with van der Waals surface area (Å²) in [5.41, 5.74) is 4.28. The molecule has 0 radical (unpaired) electrons. The van der Waals surface area contributed by atoms with E-state index in [1.165, 1.54) is 0 Å². The first-order valence-corrected chi connectivity index (χ1v) is 9.52. The van der Waals surface area contributed by atoms with Crippen LogP contribution in [0.1, 0.15) is 6.92 Å². The molecule has 0 spiro atoms. The molecule has 1 aliphatic heterocycles. The van der Waals surface area contributed by atoms with Crippen LogP contribution in [0.4, 0.5) is 5.69 Å². The van der Waals surface area contributed by atoms with Gasteiger partial charge in [-0.25, -0.2) is 4.98 Å². The average molecular weight is 374 g/mol. The van der Waals surface area contributed by atoms with Gasteiger partial charge in [-0.05, 0) is 31.2 Å². The number of benzene rings is 1. The maximum atomic E-state index is 12.8. The molecule has 7 heteroatoms. The number of nitrogens with one attached hydrogen (secondary N) is 1. The van der Waals surface area contributed by atoms with Crippen molar-refractivity contribution in [3.8, 4) is 11.3 Å². The molecule has 4 heterocycles. The Kier molecular flexibility index (Phi) is 3.91. The predicted octanol–water partition coefficient (Wildman–Crippen LogP) is 2.05. The van der Waals surface area contributed by atoms with E-state index < -0.39 is 0 Å². The number of aryl methyl sites for hydroxylation is 1. The maximum Gasteiger partial charge on any atom is 0.258 e. The number of aromatic nitrogens is 4. The van der Waals surface area contributed by atoms with Gasteiger partial charge < -0.3 is 10.2 Å². The summed E-state index contributed by atoms with van der Waals surface area (Å²) in [5, 5.41) is 8.75. The Balaban J connectivity index is 1.56.